The van der Waals surface area contributed by atoms with Crippen LogP contribution >= 0.6 is 0 Å². The van der Waals surface area contributed by atoms with Crippen molar-refractivity contribution < 1.29 is 4.79 Å². The number of likely N-dealkylation sites (N-methyl/N-ethyl adjacent to an activating group) is 1. The van der Waals surface area contributed by atoms with Gasteiger partial charge in [-0.1, -0.05) is 42.0 Å². The second-order valence-electron chi connectivity index (χ2n) is 6.69. The molecular weight excluding hydrogens is 322 g/mol. The molecule has 0 spiro atoms. The number of aliphatic imine (C=N–C) groups is 1. The molecule has 26 heavy (non-hydrogen) atoms. The molecule has 0 aromatic rings. The molecule has 1 rings (SSSR count). The molecule has 0 aliphatic carbocycles. The molecule has 0 saturated carbocycles. The SMILES string of the molecule is C=C/C(C)=C(\C)CC(=O)N(CC)CCCN(CC)C1=NCC=CC=C1C. The summed E-state index contributed by atoms with van der Waals surface area (Å²) in [5, 5.41) is 0. The minimum absolute atomic E-state index is 0.196. The van der Waals surface area contributed by atoms with Crippen LogP contribution in [0.4, 0.5) is 0 Å². The number of amides is 1. The third-order valence-corrected chi connectivity index (χ3v) is 4.85. The average molecular weight is 358 g/mol. The Morgan fingerprint density at radius 3 is 2.62 bits per heavy atom. The van der Waals surface area contributed by atoms with E-state index < -0.39 is 0 Å². The van der Waals surface area contributed by atoms with Gasteiger partial charge in [0.05, 0.1) is 6.54 Å². The molecule has 144 valence electrons. The monoisotopic (exact) mass is 357 g/mol. The molecule has 4 nitrogen and oxygen atoms in total. The Balaban J connectivity index is 2.61. The lowest BCUT2D eigenvalue weighted by atomic mass is 10.1. The van der Waals surface area contributed by atoms with Gasteiger partial charge in [0.2, 0.25) is 5.91 Å². The zero-order valence-electron chi connectivity index (χ0n) is 17.2. The van der Waals surface area contributed by atoms with Crippen molar-refractivity contribution in [3.8, 4) is 0 Å². The Morgan fingerprint density at radius 1 is 1.27 bits per heavy atom. The Hall–Kier alpha value is -2.10. The number of hydrogen-bond acceptors (Lipinski definition) is 3. The molecule has 0 radical (unpaired) electrons. The molecule has 1 amide bonds. The number of carbonyl (C=O) groups excluding carboxylic acids is 1. The first kappa shape index (κ1) is 21.9. The summed E-state index contributed by atoms with van der Waals surface area (Å²) in [6.45, 7) is 18.2. The topological polar surface area (TPSA) is 35.9 Å². The van der Waals surface area contributed by atoms with Crippen LogP contribution in [0, 0.1) is 0 Å². The Bertz CT molecular complexity index is 611. The second kappa shape index (κ2) is 11.5. The van der Waals surface area contributed by atoms with Crippen LogP contribution in [0.1, 0.15) is 47.5 Å². The molecule has 1 aliphatic rings. The predicted octanol–water partition coefficient (Wildman–Crippen LogP) is 4.37. The van der Waals surface area contributed by atoms with Crippen LogP contribution in [0.15, 0.2) is 52.6 Å². The molecule has 0 fully saturated rings. The lowest BCUT2D eigenvalue weighted by Gasteiger charge is -2.27. The Kier molecular flexibility index (Phi) is 9.71. The molecule has 0 N–H and O–H groups in total. The zero-order chi connectivity index (χ0) is 19.5. The van der Waals surface area contributed by atoms with Crippen LogP contribution in [-0.4, -0.2) is 54.3 Å². The second-order valence-corrected chi connectivity index (χ2v) is 6.69. The van der Waals surface area contributed by atoms with Gasteiger partial charge in [0.15, 0.2) is 0 Å². The summed E-state index contributed by atoms with van der Waals surface area (Å²) >= 11 is 0. The van der Waals surface area contributed by atoms with Gasteiger partial charge >= 0.3 is 0 Å². The minimum Gasteiger partial charge on any atom is -0.357 e. The van der Waals surface area contributed by atoms with E-state index >= 15 is 0 Å². The first-order valence-corrected chi connectivity index (χ1v) is 9.64. The average Bonchev–Trinajstić information content (AvgIpc) is 2.85. The minimum atomic E-state index is 0.196. The quantitative estimate of drug-likeness (QED) is 0.574. The molecule has 1 heterocycles. The first-order valence-electron chi connectivity index (χ1n) is 9.64. The summed E-state index contributed by atoms with van der Waals surface area (Å²) in [7, 11) is 0. The number of carbonyl (C=O) groups is 1. The molecule has 0 unspecified atom stereocenters. The molecule has 1 aliphatic heterocycles. The van der Waals surface area contributed by atoms with Crippen molar-refractivity contribution in [3.05, 3.63) is 47.6 Å². The van der Waals surface area contributed by atoms with Gasteiger partial charge in [-0.15, -0.1) is 0 Å². The van der Waals surface area contributed by atoms with E-state index in [1.54, 1.807) is 0 Å². The van der Waals surface area contributed by atoms with Gasteiger partial charge in [0, 0.05) is 32.6 Å². The summed E-state index contributed by atoms with van der Waals surface area (Å²) < 4.78 is 0. The van der Waals surface area contributed by atoms with Crippen LogP contribution in [0.25, 0.3) is 0 Å². The zero-order valence-corrected chi connectivity index (χ0v) is 17.2. The fourth-order valence-corrected chi connectivity index (χ4v) is 2.94. The smallest absolute Gasteiger partial charge is 0.226 e. The maximum atomic E-state index is 12.6. The summed E-state index contributed by atoms with van der Waals surface area (Å²) in [6.07, 6.45) is 9.49. The lowest BCUT2D eigenvalue weighted by molar-refractivity contribution is -0.130. The van der Waals surface area contributed by atoms with E-state index in [1.807, 2.05) is 31.7 Å². The van der Waals surface area contributed by atoms with Crippen molar-refractivity contribution in [2.75, 3.05) is 32.7 Å². The third kappa shape index (κ3) is 6.66. The van der Waals surface area contributed by atoms with Crippen molar-refractivity contribution in [2.24, 2.45) is 4.99 Å². The van der Waals surface area contributed by atoms with Crippen molar-refractivity contribution in [1.29, 1.82) is 0 Å². The van der Waals surface area contributed by atoms with Crippen LogP contribution in [-0.2, 0) is 4.79 Å². The molecule has 4 heteroatoms. The fourth-order valence-electron chi connectivity index (χ4n) is 2.94. The molecule has 0 atom stereocenters. The van der Waals surface area contributed by atoms with Crippen molar-refractivity contribution >= 4 is 11.7 Å². The molecule has 0 bridgehead atoms. The van der Waals surface area contributed by atoms with Gasteiger partial charge in [-0.2, -0.15) is 0 Å². The Morgan fingerprint density at radius 2 is 2.00 bits per heavy atom. The van der Waals surface area contributed by atoms with Gasteiger partial charge in [-0.3, -0.25) is 9.79 Å². The third-order valence-electron chi connectivity index (χ3n) is 4.85. The summed E-state index contributed by atoms with van der Waals surface area (Å²) in [4.78, 5) is 21.5. The fraction of sp³-hybridized carbons (Fsp3) is 0.545. The highest BCUT2D eigenvalue weighted by Crippen LogP contribution is 2.12. The highest BCUT2D eigenvalue weighted by molar-refractivity contribution is 5.98. The van der Waals surface area contributed by atoms with Crippen LogP contribution in [0.5, 0.6) is 0 Å². The highest BCUT2D eigenvalue weighted by Gasteiger charge is 2.15. The van der Waals surface area contributed by atoms with Crippen LogP contribution in [0.2, 0.25) is 0 Å². The van der Waals surface area contributed by atoms with Gasteiger partial charge in [-0.25, -0.2) is 0 Å². The van der Waals surface area contributed by atoms with Gasteiger partial charge < -0.3 is 9.80 Å². The van der Waals surface area contributed by atoms with E-state index in [4.69, 9.17) is 0 Å². The normalized spacial score (nSPS) is 14.8. The number of allylic oxidation sites excluding steroid dienone is 4. The molecule has 0 aromatic heterocycles. The van der Waals surface area contributed by atoms with E-state index in [-0.39, 0.29) is 5.91 Å². The summed E-state index contributed by atoms with van der Waals surface area (Å²) in [6, 6.07) is 0. The summed E-state index contributed by atoms with van der Waals surface area (Å²) in [5.41, 5.74) is 3.39. The highest BCUT2D eigenvalue weighted by atomic mass is 16.2. The van der Waals surface area contributed by atoms with E-state index in [0.29, 0.717) is 6.42 Å². The molecule has 0 saturated heterocycles. The maximum Gasteiger partial charge on any atom is 0.226 e. The van der Waals surface area contributed by atoms with Crippen molar-refractivity contribution in [2.45, 2.75) is 47.5 Å². The van der Waals surface area contributed by atoms with E-state index in [0.717, 1.165) is 56.1 Å². The largest absolute Gasteiger partial charge is 0.357 e. The number of amidine groups is 1. The summed E-state index contributed by atoms with van der Waals surface area (Å²) in [5.74, 6) is 1.27. The van der Waals surface area contributed by atoms with Crippen molar-refractivity contribution in [1.82, 2.24) is 9.80 Å². The molecular formula is C22H35N3O. The van der Waals surface area contributed by atoms with Crippen LogP contribution < -0.4 is 0 Å². The molecule has 0 aromatic carbocycles. The number of nitrogens with zero attached hydrogens (tertiary/aromatic N) is 3. The number of hydrogen-bond donors (Lipinski definition) is 0. The van der Waals surface area contributed by atoms with E-state index in [9.17, 15) is 4.79 Å². The maximum absolute atomic E-state index is 12.6. The number of rotatable bonds is 9. The van der Waals surface area contributed by atoms with Gasteiger partial charge in [-0.05, 0) is 46.6 Å². The van der Waals surface area contributed by atoms with Crippen LogP contribution in [0.3, 0.4) is 0 Å². The lowest BCUT2D eigenvalue weighted by Crippen LogP contribution is -2.37. The predicted molar refractivity (Wildman–Crippen MR) is 113 cm³/mol. The van der Waals surface area contributed by atoms with E-state index in [1.165, 1.54) is 5.57 Å². The first-order chi connectivity index (χ1) is 12.4. The van der Waals surface area contributed by atoms with E-state index in [2.05, 4.69) is 48.5 Å². The van der Waals surface area contributed by atoms with Gasteiger partial charge in [0.1, 0.15) is 5.84 Å². The van der Waals surface area contributed by atoms with Gasteiger partial charge in [0.25, 0.3) is 0 Å². The standard InChI is InChI=1S/C22H35N3O/c1-7-18(4)20(6)17-21(26)24(8-2)15-12-16-25(9-3)22-19(5)13-10-11-14-23-22/h7,10-11,13H,1,8-9,12,14-17H2,2-6H3/b20-18+. The van der Waals surface area contributed by atoms with Crippen molar-refractivity contribution in [3.63, 3.8) is 0 Å². The Labute approximate surface area is 159 Å².